The lowest BCUT2D eigenvalue weighted by atomic mass is 10.1. The molecule has 3 rings (SSSR count). The van der Waals surface area contributed by atoms with Gasteiger partial charge in [0.2, 0.25) is 11.8 Å². The van der Waals surface area contributed by atoms with Gasteiger partial charge in [0, 0.05) is 31.6 Å². The van der Waals surface area contributed by atoms with E-state index in [-0.39, 0.29) is 12.0 Å². The maximum absolute atomic E-state index is 12.3. The van der Waals surface area contributed by atoms with Crippen molar-refractivity contribution in [1.82, 2.24) is 14.9 Å². The summed E-state index contributed by atoms with van der Waals surface area (Å²) in [4.78, 5) is 22.1. The molecule has 5 heteroatoms. The molecule has 0 spiro atoms. The fraction of sp³-hybridized carbons (Fsp3) is 0.353. The average Bonchev–Trinajstić information content (AvgIpc) is 3.03. The van der Waals surface area contributed by atoms with E-state index in [0.717, 1.165) is 19.4 Å². The first kappa shape index (κ1) is 14.5. The molecule has 22 heavy (non-hydrogen) atoms. The van der Waals surface area contributed by atoms with Gasteiger partial charge in [-0.15, -0.1) is 0 Å². The van der Waals surface area contributed by atoms with Crippen molar-refractivity contribution in [3.05, 3.63) is 54.5 Å². The highest BCUT2D eigenvalue weighted by Gasteiger charge is 2.27. The number of benzene rings is 1. The number of hydrogen-bond donors (Lipinski definition) is 0. The molecule has 0 bridgehead atoms. The van der Waals surface area contributed by atoms with Crippen LogP contribution in [0.2, 0.25) is 0 Å². The standard InChI is InChI=1S/C17H19N3O2/c21-17(7-6-14-4-2-1-3-5-14)20-11-9-15(12-20)22-16-8-10-18-13-19-16/h1-5,8,10,13,15H,6-7,9,11-12H2/t15-/m0/s1. The Kier molecular flexibility index (Phi) is 4.63. The van der Waals surface area contributed by atoms with Crippen molar-refractivity contribution in [3.8, 4) is 5.88 Å². The van der Waals surface area contributed by atoms with Gasteiger partial charge in [-0.2, -0.15) is 0 Å². The van der Waals surface area contributed by atoms with Crippen LogP contribution in [0.4, 0.5) is 0 Å². The molecule has 0 radical (unpaired) electrons. The van der Waals surface area contributed by atoms with Crippen LogP contribution in [0.25, 0.3) is 0 Å². The molecule has 2 heterocycles. The van der Waals surface area contributed by atoms with Crippen molar-refractivity contribution in [2.24, 2.45) is 0 Å². The second kappa shape index (κ2) is 7.02. The van der Waals surface area contributed by atoms with Crippen LogP contribution in [-0.2, 0) is 11.2 Å². The lowest BCUT2D eigenvalue weighted by Gasteiger charge is -2.17. The van der Waals surface area contributed by atoms with E-state index in [1.807, 2.05) is 23.1 Å². The zero-order valence-corrected chi connectivity index (χ0v) is 12.4. The van der Waals surface area contributed by atoms with Gasteiger partial charge in [0.1, 0.15) is 12.4 Å². The highest BCUT2D eigenvalue weighted by molar-refractivity contribution is 5.76. The third kappa shape index (κ3) is 3.81. The summed E-state index contributed by atoms with van der Waals surface area (Å²) in [5, 5.41) is 0. The second-order valence-electron chi connectivity index (χ2n) is 5.40. The molecule has 1 saturated heterocycles. The quantitative estimate of drug-likeness (QED) is 0.848. The van der Waals surface area contributed by atoms with Crippen molar-refractivity contribution < 1.29 is 9.53 Å². The topological polar surface area (TPSA) is 55.3 Å². The average molecular weight is 297 g/mol. The lowest BCUT2D eigenvalue weighted by Crippen LogP contribution is -2.31. The Morgan fingerprint density at radius 2 is 2.14 bits per heavy atom. The third-order valence-electron chi connectivity index (χ3n) is 3.81. The number of likely N-dealkylation sites (tertiary alicyclic amines) is 1. The van der Waals surface area contributed by atoms with E-state index in [1.165, 1.54) is 11.9 Å². The minimum Gasteiger partial charge on any atom is -0.472 e. The molecule has 0 unspecified atom stereocenters. The zero-order valence-electron chi connectivity index (χ0n) is 12.4. The van der Waals surface area contributed by atoms with Crippen LogP contribution in [0.5, 0.6) is 5.88 Å². The minimum absolute atomic E-state index is 0.0237. The summed E-state index contributed by atoms with van der Waals surface area (Å²) < 4.78 is 5.77. The van der Waals surface area contributed by atoms with Gasteiger partial charge in [0.15, 0.2) is 0 Å². The SMILES string of the molecule is O=C(CCc1ccccc1)N1CC[C@H](Oc2ccncn2)C1. The van der Waals surface area contributed by atoms with Gasteiger partial charge in [0.05, 0.1) is 6.54 Å². The summed E-state index contributed by atoms with van der Waals surface area (Å²) in [6.07, 6.45) is 5.32. The number of rotatable bonds is 5. The van der Waals surface area contributed by atoms with Crippen LogP contribution in [-0.4, -0.2) is 40.0 Å². The predicted octanol–water partition coefficient (Wildman–Crippen LogP) is 2.09. The first-order chi connectivity index (χ1) is 10.8. The van der Waals surface area contributed by atoms with E-state index in [1.54, 1.807) is 12.3 Å². The molecule has 0 N–H and O–H groups in total. The van der Waals surface area contributed by atoms with Crippen LogP contribution in [0.1, 0.15) is 18.4 Å². The van der Waals surface area contributed by atoms with Gasteiger partial charge < -0.3 is 9.64 Å². The van der Waals surface area contributed by atoms with Crippen molar-refractivity contribution in [2.45, 2.75) is 25.4 Å². The Balaban J connectivity index is 1.46. The number of ether oxygens (including phenoxy) is 1. The van der Waals surface area contributed by atoms with Gasteiger partial charge in [-0.3, -0.25) is 4.79 Å². The summed E-state index contributed by atoms with van der Waals surface area (Å²) >= 11 is 0. The van der Waals surface area contributed by atoms with E-state index in [4.69, 9.17) is 4.74 Å². The smallest absolute Gasteiger partial charge is 0.223 e. The molecule has 5 nitrogen and oxygen atoms in total. The van der Waals surface area contributed by atoms with E-state index >= 15 is 0 Å². The molecule has 0 aliphatic carbocycles. The molecular weight excluding hydrogens is 278 g/mol. The molecule has 1 aromatic carbocycles. The third-order valence-corrected chi connectivity index (χ3v) is 3.81. The van der Waals surface area contributed by atoms with Crippen molar-refractivity contribution in [3.63, 3.8) is 0 Å². The summed E-state index contributed by atoms with van der Waals surface area (Å²) in [6.45, 7) is 1.39. The molecule has 0 saturated carbocycles. The number of carbonyl (C=O) groups excluding carboxylic acids is 1. The minimum atomic E-state index is 0.0237. The number of aromatic nitrogens is 2. The number of aryl methyl sites for hydroxylation is 1. The van der Waals surface area contributed by atoms with Gasteiger partial charge in [-0.1, -0.05) is 30.3 Å². The Morgan fingerprint density at radius 3 is 2.91 bits per heavy atom. The summed E-state index contributed by atoms with van der Waals surface area (Å²) in [7, 11) is 0. The predicted molar refractivity (Wildman–Crippen MR) is 82.4 cm³/mol. The van der Waals surface area contributed by atoms with Crippen LogP contribution in [0.15, 0.2) is 48.9 Å². The van der Waals surface area contributed by atoms with Crippen LogP contribution in [0, 0.1) is 0 Å². The molecule has 1 amide bonds. The zero-order chi connectivity index (χ0) is 15.2. The van der Waals surface area contributed by atoms with Crippen molar-refractivity contribution in [2.75, 3.05) is 13.1 Å². The lowest BCUT2D eigenvalue weighted by molar-refractivity contribution is -0.130. The maximum atomic E-state index is 12.3. The summed E-state index contributed by atoms with van der Waals surface area (Å²) in [5.41, 5.74) is 1.20. The van der Waals surface area contributed by atoms with Crippen molar-refractivity contribution >= 4 is 5.91 Å². The van der Waals surface area contributed by atoms with Crippen molar-refractivity contribution in [1.29, 1.82) is 0 Å². The number of amides is 1. The van der Waals surface area contributed by atoms with Gasteiger partial charge >= 0.3 is 0 Å². The van der Waals surface area contributed by atoms with Crippen LogP contribution in [0.3, 0.4) is 0 Å². The molecular formula is C17H19N3O2. The number of carbonyl (C=O) groups is 1. The second-order valence-corrected chi connectivity index (χ2v) is 5.40. The first-order valence-corrected chi connectivity index (χ1v) is 7.55. The Bertz CT molecular complexity index is 604. The Morgan fingerprint density at radius 1 is 1.27 bits per heavy atom. The molecule has 1 atom stereocenters. The molecule has 114 valence electrons. The fourth-order valence-electron chi connectivity index (χ4n) is 2.62. The Labute approximate surface area is 130 Å². The largest absolute Gasteiger partial charge is 0.472 e. The maximum Gasteiger partial charge on any atom is 0.223 e. The van der Waals surface area contributed by atoms with E-state index in [9.17, 15) is 4.79 Å². The van der Waals surface area contributed by atoms with Gasteiger partial charge in [-0.25, -0.2) is 9.97 Å². The van der Waals surface area contributed by atoms with E-state index in [0.29, 0.717) is 18.8 Å². The van der Waals surface area contributed by atoms with Gasteiger partial charge in [-0.05, 0) is 12.0 Å². The number of nitrogens with zero attached hydrogens (tertiary/aromatic N) is 3. The first-order valence-electron chi connectivity index (χ1n) is 7.55. The summed E-state index contributed by atoms with van der Waals surface area (Å²) in [6, 6.07) is 11.8. The van der Waals surface area contributed by atoms with Crippen LogP contribution < -0.4 is 4.74 Å². The normalized spacial score (nSPS) is 17.5. The molecule has 1 fully saturated rings. The van der Waals surface area contributed by atoms with E-state index < -0.39 is 0 Å². The highest BCUT2D eigenvalue weighted by atomic mass is 16.5. The fourth-order valence-corrected chi connectivity index (χ4v) is 2.62. The van der Waals surface area contributed by atoms with E-state index in [2.05, 4.69) is 22.1 Å². The molecule has 1 aliphatic rings. The summed E-state index contributed by atoms with van der Waals surface area (Å²) in [5.74, 6) is 0.760. The molecule has 1 aliphatic heterocycles. The molecule has 1 aromatic heterocycles. The monoisotopic (exact) mass is 297 g/mol. The highest BCUT2D eigenvalue weighted by Crippen LogP contribution is 2.17. The van der Waals surface area contributed by atoms with Gasteiger partial charge in [0.25, 0.3) is 0 Å². The van der Waals surface area contributed by atoms with Crippen LogP contribution >= 0.6 is 0 Å². The number of hydrogen-bond acceptors (Lipinski definition) is 4. The molecule has 2 aromatic rings. The Hall–Kier alpha value is -2.43.